The molecule has 0 aliphatic heterocycles. The average molecular weight is 174 g/mol. The van der Waals surface area contributed by atoms with E-state index in [9.17, 15) is 9.59 Å². The standard InChI is InChI=1S/C6H6O6/c1-2-5(8)11-3-4(7)6(9)12-10/h2-3,7,10H,1H2/b4-3-. The van der Waals surface area contributed by atoms with Crippen molar-refractivity contribution in [1.29, 1.82) is 0 Å². The van der Waals surface area contributed by atoms with Crippen molar-refractivity contribution in [1.82, 2.24) is 0 Å². The van der Waals surface area contributed by atoms with Crippen LogP contribution in [0.3, 0.4) is 0 Å². The van der Waals surface area contributed by atoms with Gasteiger partial charge in [-0.15, -0.1) is 0 Å². The van der Waals surface area contributed by atoms with Gasteiger partial charge >= 0.3 is 11.9 Å². The molecule has 0 bridgehead atoms. The molecule has 0 saturated carbocycles. The van der Waals surface area contributed by atoms with Crippen molar-refractivity contribution in [3.8, 4) is 0 Å². The second-order valence-electron chi connectivity index (χ2n) is 1.52. The number of hydrogen-bond donors (Lipinski definition) is 2. The van der Waals surface area contributed by atoms with Gasteiger partial charge in [0.1, 0.15) is 6.26 Å². The van der Waals surface area contributed by atoms with Gasteiger partial charge in [0, 0.05) is 6.08 Å². The Morgan fingerprint density at radius 3 is 2.42 bits per heavy atom. The van der Waals surface area contributed by atoms with Crippen LogP contribution in [0.1, 0.15) is 0 Å². The highest BCUT2D eigenvalue weighted by atomic mass is 17.1. The summed E-state index contributed by atoms with van der Waals surface area (Å²) in [6.07, 6.45) is 1.25. The summed E-state index contributed by atoms with van der Waals surface area (Å²) in [6, 6.07) is 0. The molecule has 0 aromatic heterocycles. The number of esters is 1. The topological polar surface area (TPSA) is 93.1 Å². The van der Waals surface area contributed by atoms with Gasteiger partial charge in [0.05, 0.1) is 0 Å². The van der Waals surface area contributed by atoms with E-state index < -0.39 is 17.7 Å². The van der Waals surface area contributed by atoms with Crippen molar-refractivity contribution in [3.63, 3.8) is 0 Å². The lowest BCUT2D eigenvalue weighted by atomic mass is 10.6. The molecule has 0 saturated heterocycles. The maximum Gasteiger partial charge on any atom is 0.410 e. The molecule has 6 nitrogen and oxygen atoms in total. The zero-order chi connectivity index (χ0) is 9.56. The molecule has 0 aromatic rings. The van der Waals surface area contributed by atoms with Gasteiger partial charge < -0.3 is 9.84 Å². The second kappa shape index (κ2) is 4.91. The molecular weight excluding hydrogens is 168 g/mol. The van der Waals surface area contributed by atoms with Crippen molar-refractivity contribution in [2.75, 3.05) is 0 Å². The summed E-state index contributed by atoms with van der Waals surface area (Å²) < 4.78 is 4.09. The van der Waals surface area contributed by atoms with E-state index in [-0.39, 0.29) is 0 Å². The lowest BCUT2D eigenvalue weighted by Gasteiger charge is -1.94. The summed E-state index contributed by atoms with van der Waals surface area (Å²) in [4.78, 5) is 23.6. The van der Waals surface area contributed by atoms with Crippen LogP contribution < -0.4 is 0 Å². The van der Waals surface area contributed by atoms with Gasteiger partial charge in [-0.25, -0.2) is 9.59 Å². The van der Waals surface area contributed by atoms with E-state index in [0.717, 1.165) is 6.08 Å². The van der Waals surface area contributed by atoms with Gasteiger partial charge in [-0.2, -0.15) is 5.26 Å². The summed E-state index contributed by atoms with van der Waals surface area (Å²) in [6.45, 7) is 3.05. The minimum Gasteiger partial charge on any atom is -0.500 e. The van der Waals surface area contributed by atoms with E-state index >= 15 is 0 Å². The lowest BCUT2D eigenvalue weighted by molar-refractivity contribution is -0.232. The van der Waals surface area contributed by atoms with E-state index in [4.69, 9.17) is 10.4 Å². The van der Waals surface area contributed by atoms with Gasteiger partial charge in [-0.1, -0.05) is 6.58 Å². The minimum atomic E-state index is -1.42. The first-order valence-electron chi connectivity index (χ1n) is 2.69. The van der Waals surface area contributed by atoms with Crippen LogP contribution in [-0.4, -0.2) is 22.3 Å². The zero-order valence-electron chi connectivity index (χ0n) is 5.89. The van der Waals surface area contributed by atoms with E-state index in [1.165, 1.54) is 0 Å². The van der Waals surface area contributed by atoms with Crippen LogP contribution in [0.15, 0.2) is 24.7 Å². The smallest absolute Gasteiger partial charge is 0.410 e. The average Bonchev–Trinajstić information content (AvgIpc) is 2.11. The number of hydrogen-bond acceptors (Lipinski definition) is 6. The maximum atomic E-state index is 10.3. The Morgan fingerprint density at radius 1 is 1.42 bits per heavy atom. The highest BCUT2D eigenvalue weighted by Crippen LogP contribution is 1.92. The maximum absolute atomic E-state index is 10.3. The summed E-state index contributed by atoms with van der Waals surface area (Å²) in [7, 11) is 0. The predicted molar refractivity (Wildman–Crippen MR) is 35.7 cm³/mol. The van der Waals surface area contributed by atoms with Crippen molar-refractivity contribution in [3.05, 3.63) is 24.7 Å². The minimum absolute atomic E-state index is 0.419. The van der Waals surface area contributed by atoms with E-state index in [1.54, 1.807) is 0 Å². The Kier molecular flexibility index (Phi) is 4.17. The summed E-state index contributed by atoms with van der Waals surface area (Å²) in [5, 5.41) is 16.3. The molecule has 0 aliphatic rings. The lowest BCUT2D eigenvalue weighted by Crippen LogP contribution is -2.05. The Morgan fingerprint density at radius 2 is 2.00 bits per heavy atom. The highest BCUT2D eigenvalue weighted by molar-refractivity contribution is 5.86. The zero-order valence-corrected chi connectivity index (χ0v) is 5.89. The SMILES string of the molecule is C=CC(=O)O/C=C(\O)C(=O)OO. The van der Waals surface area contributed by atoms with Crippen LogP contribution in [0, 0.1) is 0 Å². The third kappa shape index (κ3) is 3.37. The molecule has 66 valence electrons. The summed E-state index contributed by atoms with van der Waals surface area (Å²) in [5.74, 6) is -3.31. The molecule has 0 radical (unpaired) electrons. The van der Waals surface area contributed by atoms with Crippen LogP contribution in [0.25, 0.3) is 0 Å². The van der Waals surface area contributed by atoms with Gasteiger partial charge in [-0.3, -0.25) is 4.89 Å². The fraction of sp³-hybridized carbons (Fsp3) is 0. The number of aliphatic hydroxyl groups excluding tert-OH is 1. The normalized spacial score (nSPS) is 10.2. The summed E-state index contributed by atoms with van der Waals surface area (Å²) >= 11 is 0. The molecule has 0 unspecified atom stereocenters. The molecule has 12 heavy (non-hydrogen) atoms. The molecule has 0 amide bonds. The van der Waals surface area contributed by atoms with Crippen LogP contribution in [0.5, 0.6) is 0 Å². The number of rotatable bonds is 3. The van der Waals surface area contributed by atoms with E-state index in [0.29, 0.717) is 6.26 Å². The second-order valence-corrected chi connectivity index (χ2v) is 1.52. The number of aliphatic hydroxyl groups is 1. The van der Waals surface area contributed by atoms with Crippen molar-refractivity contribution in [2.45, 2.75) is 0 Å². The Hall–Kier alpha value is -1.82. The van der Waals surface area contributed by atoms with Crippen LogP contribution >= 0.6 is 0 Å². The number of carbonyl (C=O) groups is 2. The summed E-state index contributed by atoms with van der Waals surface area (Å²) in [5.41, 5.74) is 0. The van der Waals surface area contributed by atoms with Crippen molar-refractivity contribution in [2.24, 2.45) is 0 Å². The first-order valence-corrected chi connectivity index (χ1v) is 2.69. The van der Waals surface area contributed by atoms with Crippen molar-refractivity contribution >= 4 is 11.9 Å². The molecule has 2 N–H and O–H groups in total. The Labute approximate surface area is 67.3 Å². The van der Waals surface area contributed by atoms with Crippen LogP contribution in [0.2, 0.25) is 0 Å². The van der Waals surface area contributed by atoms with Crippen molar-refractivity contribution < 1.29 is 29.6 Å². The van der Waals surface area contributed by atoms with E-state index in [1.807, 2.05) is 0 Å². The van der Waals surface area contributed by atoms with E-state index in [2.05, 4.69) is 16.2 Å². The van der Waals surface area contributed by atoms with Crippen LogP contribution in [0.4, 0.5) is 0 Å². The number of carbonyl (C=O) groups excluding carboxylic acids is 2. The monoisotopic (exact) mass is 174 g/mol. The predicted octanol–water partition coefficient (Wildman–Crippen LogP) is 0.131. The molecule has 0 fully saturated rings. The molecule has 0 aromatic carbocycles. The first-order chi connectivity index (χ1) is 5.61. The number of ether oxygens (including phenoxy) is 1. The molecule has 6 heteroatoms. The third-order valence-electron chi connectivity index (χ3n) is 0.745. The third-order valence-corrected chi connectivity index (χ3v) is 0.745. The molecule has 0 heterocycles. The van der Waals surface area contributed by atoms with Gasteiger partial charge in [0.15, 0.2) is 0 Å². The Bertz CT molecular complexity index is 228. The Balaban J connectivity index is 4.09. The fourth-order valence-corrected chi connectivity index (χ4v) is 0.257. The fourth-order valence-electron chi connectivity index (χ4n) is 0.257. The van der Waals surface area contributed by atoms with Gasteiger partial charge in [-0.05, 0) is 0 Å². The molecule has 0 atom stereocenters. The quantitative estimate of drug-likeness (QED) is 0.208. The molecule has 0 rings (SSSR count). The molecule has 0 aliphatic carbocycles. The van der Waals surface area contributed by atoms with Crippen LogP contribution in [-0.2, 0) is 19.2 Å². The van der Waals surface area contributed by atoms with Gasteiger partial charge in [0.2, 0.25) is 5.76 Å². The van der Waals surface area contributed by atoms with Gasteiger partial charge in [0.25, 0.3) is 0 Å². The largest absolute Gasteiger partial charge is 0.500 e. The molecule has 0 spiro atoms. The first kappa shape index (κ1) is 10.2. The molecular formula is C6H6O6. The highest BCUT2D eigenvalue weighted by Gasteiger charge is 2.09.